The number of methoxy groups -OCH3 is 1. The monoisotopic (exact) mass is 219 g/mol. The molecule has 0 spiro atoms. The number of hydrogen-bond acceptors (Lipinski definition) is 2. The molecule has 0 atom stereocenters. The second-order valence-electron chi connectivity index (χ2n) is 5.05. The molecule has 2 heteroatoms. The molecule has 1 aliphatic rings. The summed E-state index contributed by atoms with van der Waals surface area (Å²) in [5, 5.41) is 3.33. The van der Waals surface area contributed by atoms with Crippen molar-refractivity contribution in [1.82, 2.24) is 5.32 Å². The molecule has 1 fully saturated rings. The van der Waals surface area contributed by atoms with E-state index in [0.29, 0.717) is 5.41 Å². The summed E-state index contributed by atoms with van der Waals surface area (Å²) in [5.74, 6) is 1.80. The molecule has 0 bridgehead atoms. The average molecular weight is 219 g/mol. The second kappa shape index (κ2) is 4.46. The molecule has 0 aliphatic heterocycles. The third kappa shape index (κ3) is 1.94. The van der Waals surface area contributed by atoms with Crippen molar-refractivity contribution < 1.29 is 4.74 Å². The van der Waals surface area contributed by atoms with Gasteiger partial charge in [-0.15, -0.1) is 0 Å². The topological polar surface area (TPSA) is 21.3 Å². The summed E-state index contributed by atoms with van der Waals surface area (Å²) >= 11 is 0. The Morgan fingerprint density at radius 1 is 1.31 bits per heavy atom. The lowest BCUT2D eigenvalue weighted by Gasteiger charge is -2.47. The van der Waals surface area contributed by atoms with Gasteiger partial charge in [0.1, 0.15) is 5.75 Å². The number of ether oxygens (including phenoxy) is 1. The molecule has 0 amide bonds. The molecule has 0 unspecified atom stereocenters. The summed E-state index contributed by atoms with van der Waals surface area (Å²) in [6, 6.07) is 8.55. The van der Waals surface area contributed by atoms with Crippen LogP contribution in [0, 0.1) is 5.92 Å². The Morgan fingerprint density at radius 2 is 1.94 bits per heavy atom. The van der Waals surface area contributed by atoms with Gasteiger partial charge in [0, 0.05) is 12.0 Å². The van der Waals surface area contributed by atoms with Crippen molar-refractivity contribution in [3.8, 4) is 5.75 Å². The first-order valence-corrected chi connectivity index (χ1v) is 5.99. The first kappa shape index (κ1) is 11.5. The summed E-state index contributed by atoms with van der Waals surface area (Å²) < 4.78 is 5.20. The normalized spacial score (nSPS) is 28.6. The van der Waals surface area contributed by atoms with E-state index in [0.717, 1.165) is 18.2 Å². The van der Waals surface area contributed by atoms with E-state index in [2.05, 4.69) is 36.5 Å². The zero-order chi connectivity index (χ0) is 11.6. The molecule has 0 heterocycles. The molecule has 1 aliphatic carbocycles. The Hall–Kier alpha value is -1.02. The number of benzene rings is 1. The minimum absolute atomic E-state index is 0.362. The predicted octanol–water partition coefficient (Wildman–Crippen LogP) is 2.58. The molecule has 0 radical (unpaired) electrons. The molecule has 1 saturated carbocycles. The Labute approximate surface area is 98.0 Å². The van der Waals surface area contributed by atoms with Crippen molar-refractivity contribution in [2.45, 2.75) is 25.2 Å². The van der Waals surface area contributed by atoms with Crippen LogP contribution in [0.1, 0.15) is 25.3 Å². The number of likely N-dealkylation sites (N-methyl/N-ethyl adjacent to an activating group) is 1. The van der Waals surface area contributed by atoms with Crippen LogP contribution in [0.15, 0.2) is 24.3 Å². The quantitative estimate of drug-likeness (QED) is 0.840. The number of nitrogens with one attached hydrogen (secondary N) is 1. The first-order valence-electron chi connectivity index (χ1n) is 5.99. The zero-order valence-electron chi connectivity index (χ0n) is 10.4. The Bertz CT molecular complexity index is 333. The molecular formula is C14H21NO. The van der Waals surface area contributed by atoms with Gasteiger partial charge in [-0.3, -0.25) is 0 Å². The fourth-order valence-corrected chi connectivity index (χ4v) is 3.04. The summed E-state index contributed by atoms with van der Waals surface area (Å²) in [6.45, 7) is 3.40. The Kier molecular flexibility index (Phi) is 3.20. The Balaban J connectivity index is 2.19. The summed E-state index contributed by atoms with van der Waals surface area (Å²) in [6.07, 6.45) is 2.58. The van der Waals surface area contributed by atoms with Crippen molar-refractivity contribution in [2.75, 3.05) is 20.7 Å². The van der Waals surface area contributed by atoms with Crippen LogP contribution in [-0.2, 0) is 5.41 Å². The van der Waals surface area contributed by atoms with E-state index in [1.54, 1.807) is 7.11 Å². The maximum absolute atomic E-state index is 5.20. The molecule has 2 rings (SSSR count). The van der Waals surface area contributed by atoms with E-state index in [1.165, 1.54) is 18.4 Å². The molecule has 2 nitrogen and oxygen atoms in total. The van der Waals surface area contributed by atoms with Crippen molar-refractivity contribution in [3.05, 3.63) is 29.8 Å². The summed E-state index contributed by atoms with van der Waals surface area (Å²) in [5.41, 5.74) is 1.81. The number of hydrogen-bond donors (Lipinski definition) is 1. The third-order valence-electron chi connectivity index (χ3n) is 3.70. The van der Waals surface area contributed by atoms with Gasteiger partial charge in [0.25, 0.3) is 0 Å². The van der Waals surface area contributed by atoms with E-state index >= 15 is 0 Å². The molecule has 88 valence electrons. The van der Waals surface area contributed by atoms with Crippen molar-refractivity contribution in [1.29, 1.82) is 0 Å². The van der Waals surface area contributed by atoms with Gasteiger partial charge in [-0.05, 0) is 43.5 Å². The van der Waals surface area contributed by atoms with Gasteiger partial charge in [0.05, 0.1) is 7.11 Å². The van der Waals surface area contributed by atoms with Crippen LogP contribution in [0.3, 0.4) is 0 Å². The maximum atomic E-state index is 5.20. The smallest absolute Gasteiger partial charge is 0.118 e. The third-order valence-corrected chi connectivity index (χ3v) is 3.70. The molecule has 0 aromatic heterocycles. The highest BCUT2D eigenvalue weighted by molar-refractivity contribution is 5.34. The van der Waals surface area contributed by atoms with Crippen LogP contribution in [0.25, 0.3) is 0 Å². The summed E-state index contributed by atoms with van der Waals surface area (Å²) in [4.78, 5) is 0. The van der Waals surface area contributed by atoms with Crippen LogP contribution in [-0.4, -0.2) is 20.7 Å². The Morgan fingerprint density at radius 3 is 2.38 bits per heavy atom. The molecular weight excluding hydrogens is 198 g/mol. The zero-order valence-corrected chi connectivity index (χ0v) is 10.4. The van der Waals surface area contributed by atoms with E-state index in [9.17, 15) is 0 Å². The van der Waals surface area contributed by atoms with Crippen LogP contribution in [0.2, 0.25) is 0 Å². The molecule has 1 aromatic rings. The minimum Gasteiger partial charge on any atom is -0.497 e. The van der Waals surface area contributed by atoms with Gasteiger partial charge in [-0.25, -0.2) is 0 Å². The van der Waals surface area contributed by atoms with Crippen molar-refractivity contribution >= 4 is 0 Å². The predicted molar refractivity (Wildman–Crippen MR) is 67.0 cm³/mol. The van der Waals surface area contributed by atoms with Gasteiger partial charge < -0.3 is 10.1 Å². The first-order chi connectivity index (χ1) is 7.70. The lowest BCUT2D eigenvalue weighted by molar-refractivity contribution is 0.155. The van der Waals surface area contributed by atoms with Crippen LogP contribution in [0.4, 0.5) is 0 Å². The highest BCUT2D eigenvalue weighted by atomic mass is 16.5. The standard InChI is InChI=1S/C14H21NO/c1-11-8-14(9-11,10-15-2)12-4-6-13(16-3)7-5-12/h4-7,11,15H,8-10H2,1-3H3. The SMILES string of the molecule is CNCC1(c2ccc(OC)cc2)CC(C)C1. The van der Waals surface area contributed by atoms with Crippen LogP contribution in [0.5, 0.6) is 5.75 Å². The van der Waals surface area contributed by atoms with Gasteiger partial charge in [-0.1, -0.05) is 19.1 Å². The van der Waals surface area contributed by atoms with Crippen LogP contribution < -0.4 is 10.1 Å². The number of rotatable bonds is 4. The molecule has 0 saturated heterocycles. The fourth-order valence-electron chi connectivity index (χ4n) is 3.04. The highest BCUT2D eigenvalue weighted by Crippen LogP contribution is 2.47. The van der Waals surface area contributed by atoms with E-state index in [1.807, 2.05) is 7.05 Å². The largest absolute Gasteiger partial charge is 0.497 e. The van der Waals surface area contributed by atoms with Crippen molar-refractivity contribution in [3.63, 3.8) is 0 Å². The second-order valence-corrected chi connectivity index (χ2v) is 5.05. The van der Waals surface area contributed by atoms with E-state index in [-0.39, 0.29) is 0 Å². The minimum atomic E-state index is 0.362. The lowest BCUT2D eigenvalue weighted by Crippen LogP contribution is -2.47. The maximum Gasteiger partial charge on any atom is 0.118 e. The summed E-state index contributed by atoms with van der Waals surface area (Å²) in [7, 11) is 3.75. The molecule has 16 heavy (non-hydrogen) atoms. The van der Waals surface area contributed by atoms with E-state index < -0.39 is 0 Å². The van der Waals surface area contributed by atoms with Crippen molar-refractivity contribution in [2.24, 2.45) is 5.92 Å². The highest BCUT2D eigenvalue weighted by Gasteiger charge is 2.42. The molecule has 1 N–H and O–H groups in total. The van der Waals surface area contributed by atoms with Gasteiger partial charge in [0.15, 0.2) is 0 Å². The average Bonchev–Trinajstić information content (AvgIpc) is 2.27. The lowest BCUT2D eigenvalue weighted by atomic mass is 9.59. The van der Waals surface area contributed by atoms with Gasteiger partial charge in [-0.2, -0.15) is 0 Å². The van der Waals surface area contributed by atoms with Gasteiger partial charge in [0.2, 0.25) is 0 Å². The van der Waals surface area contributed by atoms with Gasteiger partial charge >= 0.3 is 0 Å². The van der Waals surface area contributed by atoms with E-state index in [4.69, 9.17) is 4.74 Å². The molecule has 1 aromatic carbocycles. The van der Waals surface area contributed by atoms with Crippen LogP contribution >= 0.6 is 0 Å². The fraction of sp³-hybridized carbons (Fsp3) is 0.571.